The fourth-order valence-corrected chi connectivity index (χ4v) is 1.52. The Bertz CT molecular complexity index is 455. The predicted molar refractivity (Wildman–Crippen MR) is 67.6 cm³/mol. The second-order valence-electron chi connectivity index (χ2n) is 3.41. The van der Waals surface area contributed by atoms with Gasteiger partial charge in [-0.2, -0.15) is 0 Å². The highest BCUT2D eigenvalue weighted by molar-refractivity contribution is 7.80. The number of nitrogens with zero attached hydrogens (tertiary/aromatic N) is 1. The second kappa shape index (κ2) is 5.44. The third-order valence-electron chi connectivity index (χ3n) is 2.29. The topological polar surface area (TPSA) is 89.2 Å². The van der Waals surface area contributed by atoms with Gasteiger partial charge in [-0.1, -0.05) is 12.2 Å². The Morgan fingerprint density at radius 1 is 1.53 bits per heavy atom. The van der Waals surface area contributed by atoms with Crippen molar-refractivity contribution in [2.75, 3.05) is 7.05 Å². The lowest BCUT2D eigenvalue weighted by atomic mass is 10.3. The van der Waals surface area contributed by atoms with Crippen molar-refractivity contribution in [1.82, 2.24) is 15.2 Å². The summed E-state index contributed by atoms with van der Waals surface area (Å²) < 4.78 is 1.61. The summed E-state index contributed by atoms with van der Waals surface area (Å²) in [6.45, 7) is 1.65. The number of hydrogen-bond acceptors (Lipinski definition) is 3. The molecule has 0 aliphatic carbocycles. The number of imide groups is 1. The maximum Gasteiger partial charge on any atom is 0.321 e. The van der Waals surface area contributed by atoms with Crippen LogP contribution in [0.25, 0.3) is 0 Å². The highest BCUT2D eigenvalue weighted by Gasteiger charge is 2.19. The fraction of sp³-hybridized carbons (Fsp3) is 0.300. The highest BCUT2D eigenvalue weighted by Crippen LogP contribution is 2.11. The zero-order valence-electron chi connectivity index (χ0n) is 9.56. The van der Waals surface area contributed by atoms with Crippen LogP contribution >= 0.6 is 12.2 Å². The van der Waals surface area contributed by atoms with E-state index in [1.54, 1.807) is 29.8 Å². The number of hydrogen-bond donors (Lipinski definition) is 3. The fourth-order valence-electron chi connectivity index (χ4n) is 1.35. The first-order chi connectivity index (χ1) is 7.97. The molecule has 0 bridgehead atoms. The Labute approximate surface area is 104 Å². The van der Waals surface area contributed by atoms with Crippen molar-refractivity contribution < 1.29 is 9.59 Å². The summed E-state index contributed by atoms with van der Waals surface area (Å²) in [4.78, 5) is 22.9. The average Bonchev–Trinajstić information content (AvgIpc) is 2.76. The number of rotatable bonds is 3. The molecule has 17 heavy (non-hydrogen) atoms. The summed E-state index contributed by atoms with van der Waals surface area (Å²) in [7, 11) is 1.43. The molecule has 7 heteroatoms. The van der Waals surface area contributed by atoms with Crippen molar-refractivity contribution in [3.8, 4) is 0 Å². The summed E-state index contributed by atoms with van der Waals surface area (Å²) in [5.74, 6) is -0.432. The molecule has 0 aliphatic rings. The van der Waals surface area contributed by atoms with Crippen LogP contribution < -0.4 is 16.4 Å². The first-order valence-electron chi connectivity index (χ1n) is 4.96. The highest BCUT2D eigenvalue weighted by atomic mass is 32.1. The molecule has 0 saturated carbocycles. The monoisotopic (exact) mass is 254 g/mol. The van der Waals surface area contributed by atoms with Gasteiger partial charge in [0.1, 0.15) is 11.0 Å². The number of carbonyl (C=O) groups excluding carboxylic acids is 2. The Morgan fingerprint density at radius 3 is 2.71 bits per heavy atom. The minimum atomic E-state index is -0.571. The first kappa shape index (κ1) is 13.2. The normalized spacial score (nSPS) is 11.6. The van der Waals surface area contributed by atoms with E-state index >= 15 is 0 Å². The Balaban J connectivity index is 2.85. The van der Waals surface area contributed by atoms with Crippen LogP contribution in [0.2, 0.25) is 0 Å². The lowest BCUT2D eigenvalue weighted by Crippen LogP contribution is -2.41. The molecule has 0 aliphatic heterocycles. The Kier molecular flexibility index (Phi) is 4.22. The number of nitrogens with two attached hydrogens (primary N) is 1. The third-order valence-corrected chi connectivity index (χ3v) is 2.50. The molecule has 6 nitrogen and oxygen atoms in total. The molecule has 1 heterocycles. The maximum atomic E-state index is 11.7. The zero-order valence-corrected chi connectivity index (χ0v) is 10.4. The SMILES string of the molecule is CNC(=O)NC(=O)C(C)n1cccc1C(N)=S. The third kappa shape index (κ3) is 3.04. The Hall–Kier alpha value is -1.89. The molecule has 0 spiro atoms. The number of amides is 3. The van der Waals surface area contributed by atoms with Crippen molar-refractivity contribution in [2.24, 2.45) is 5.73 Å². The van der Waals surface area contributed by atoms with E-state index in [4.69, 9.17) is 18.0 Å². The summed E-state index contributed by atoms with van der Waals surface area (Å²) in [5.41, 5.74) is 6.11. The van der Waals surface area contributed by atoms with E-state index in [0.29, 0.717) is 5.69 Å². The van der Waals surface area contributed by atoms with Crippen LogP contribution in [0.5, 0.6) is 0 Å². The van der Waals surface area contributed by atoms with E-state index in [9.17, 15) is 9.59 Å². The molecule has 4 N–H and O–H groups in total. The minimum absolute atomic E-state index is 0.203. The van der Waals surface area contributed by atoms with Crippen LogP contribution in [0, 0.1) is 0 Å². The van der Waals surface area contributed by atoms with E-state index in [1.807, 2.05) is 0 Å². The largest absolute Gasteiger partial charge is 0.388 e. The van der Waals surface area contributed by atoms with Gasteiger partial charge in [-0.05, 0) is 19.1 Å². The van der Waals surface area contributed by atoms with E-state index < -0.39 is 18.0 Å². The van der Waals surface area contributed by atoms with Crippen molar-refractivity contribution in [2.45, 2.75) is 13.0 Å². The van der Waals surface area contributed by atoms with Crippen molar-refractivity contribution in [1.29, 1.82) is 0 Å². The molecule has 1 aromatic heterocycles. The molecule has 1 aromatic rings. The van der Waals surface area contributed by atoms with Crippen molar-refractivity contribution >= 4 is 29.1 Å². The molecular formula is C10H14N4O2S. The number of nitrogens with one attached hydrogen (secondary N) is 2. The lowest BCUT2D eigenvalue weighted by Gasteiger charge is -2.16. The predicted octanol–water partition coefficient (Wildman–Crippen LogP) is 0.139. The van der Waals surface area contributed by atoms with Gasteiger partial charge in [-0.25, -0.2) is 4.79 Å². The van der Waals surface area contributed by atoms with Crippen LogP contribution in [-0.4, -0.2) is 28.5 Å². The molecule has 0 saturated heterocycles. The van der Waals surface area contributed by atoms with Crippen molar-refractivity contribution in [3.63, 3.8) is 0 Å². The number of aromatic nitrogens is 1. The van der Waals surface area contributed by atoms with Gasteiger partial charge >= 0.3 is 6.03 Å². The Morgan fingerprint density at radius 2 is 2.18 bits per heavy atom. The summed E-state index contributed by atoms with van der Waals surface area (Å²) in [6.07, 6.45) is 1.68. The smallest absolute Gasteiger partial charge is 0.321 e. The number of thiocarbonyl (C=S) groups is 1. The van der Waals surface area contributed by atoms with E-state index in [2.05, 4.69) is 10.6 Å². The minimum Gasteiger partial charge on any atom is -0.388 e. The molecule has 0 radical (unpaired) electrons. The summed E-state index contributed by atoms with van der Waals surface area (Å²) in [5, 5.41) is 4.49. The van der Waals surface area contributed by atoms with E-state index in [-0.39, 0.29) is 4.99 Å². The number of carbonyl (C=O) groups is 2. The van der Waals surface area contributed by atoms with Gasteiger partial charge < -0.3 is 15.6 Å². The van der Waals surface area contributed by atoms with Crippen LogP contribution in [0.1, 0.15) is 18.7 Å². The molecule has 3 amide bonds. The lowest BCUT2D eigenvalue weighted by molar-refractivity contribution is -0.122. The van der Waals surface area contributed by atoms with Gasteiger partial charge in [0.25, 0.3) is 5.91 Å². The van der Waals surface area contributed by atoms with Gasteiger partial charge in [0.15, 0.2) is 0 Å². The van der Waals surface area contributed by atoms with Gasteiger partial charge in [-0.15, -0.1) is 0 Å². The first-order valence-corrected chi connectivity index (χ1v) is 5.37. The van der Waals surface area contributed by atoms with Crippen LogP contribution in [0.15, 0.2) is 18.3 Å². The summed E-state index contributed by atoms with van der Waals surface area (Å²) >= 11 is 4.87. The number of urea groups is 1. The molecule has 0 fully saturated rings. The zero-order chi connectivity index (χ0) is 13.0. The summed E-state index contributed by atoms with van der Waals surface area (Å²) in [6, 6.07) is 2.33. The molecular weight excluding hydrogens is 240 g/mol. The van der Waals surface area contributed by atoms with Crippen LogP contribution in [-0.2, 0) is 4.79 Å². The van der Waals surface area contributed by atoms with Gasteiger partial charge in [0.2, 0.25) is 0 Å². The molecule has 92 valence electrons. The maximum absolute atomic E-state index is 11.7. The average molecular weight is 254 g/mol. The van der Waals surface area contributed by atoms with Gasteiger partial charge in [0.05, 0.1) is 5.69 Å². The molecule has 1 rings (SSSR count). The van der Waals surface area contributed by atoms with Crippen LogP contribution in [0.3, 0.4) is 0 Å². The van der Waals surface area contributed by atoms with Gasteiger partial charge in [-0.3, -0.25) is 10.1 Å². The van der Waals surface area contributed by atoms with Crippen LogP contribution in [0.4, 0.5) is 4.79 Å². The molecule has 0 aromatic carbocycles. The van der Waals surface area contributed by atoms with Gasteiger partial charge in [0, 0.05) is 13.2 Å². The van der Waals surface area contributed by atoms with E-state index in [1.165, 1.54) is 7.05 Å². The quantitative estimate of drug-likeness (QED) is 0.669. The second-order valence-corrected chi connectivity index (χ2v) is 3.85. The molecule has 1 atom stereocenters. The standard InChI is InChI=1S/C10H14N4O2S/c1-6(9(15)13-10(16)12-2)14-5-3-4-7(14)8(11)17/h3-6H,1-2H3,(H2,11,17)(H2,12,13,15,16). The molecule has 1 unspecified atom stereocenters. The van der Waals surface area contributed by atoms with Crippen molar-refractivity contribution in [3.05, 3.63) is 24.0 Å². The van der Waals surface area contributed by atoms with E-state index in [0.717, 1.165) is 0 Å².